The smallest absolute Gasteiger partial charge is 0.0313 e. The van der Waals surface area contributed by atoms with Crippen LogP contribution in [0, 0.1) is 0 Å². The molecule has 14 heavy (non-hydrogen) atoms. The molecule has 0 bridgehead atoms. The van der Waals surface area contributed by atoms with Crippen molar-refractivity contribution in [1.82, 2.24) is 0 Å². The largest absolute Gasteiger partial charge is 0.0885 e. The van der Waals surface area contributed by atoms with Crippen LogP contribution in [0.5, 0.6) is 0 Å². The maximum Gasteiger partial charge on any atom is -0.0313 e. The van der Waals surface area contributed by atoms with Gasteiger partial charge in [-0.05, 0) is 38.5 Å². The summed E-state index contributed by atoms with van der Waals surface area (Å²) in [6, 6.07) is 0. The molecule has 0 nitrogen and oxygen atoms in total. The fourth-order valence-corrected chi connectivity index (χ4v) is 1.43. The fraction of sp³-hybridized carbons (Fsp3) is 0.429. The van der Waals surface area contributed by atoms with E-state index in [0.717, 1.165) is 6.42 Å². The third-order valence-corrected chi connectivity index (χ3v) is 2.26. The molecule has 0 N–H and O–H groups in total. The summed E-state index contributed by atoms with van der Waals surface area (Å²) >= 11 is 0. The molecule has 0 fully saturated rings. The molecule has 1 rings (SSSR count). The second kappa shape index (κ2) is 8.55. The van der Waals surface area contributed by atoms with Gasteiger partial charge in [0.15, 0.2) is 0 Å². The molecule has 0 aliphatic heterocycles. The van der Waals surface area contributed by atoms with Gasteiger partial charge in [-0.1, -0.05) is 48.6 Å². The van der Waals surface area contributed by atoms with Crippen molar-refractivity contribution >= 4 is 0 Å². The number of hydrogen-bond acceptors (Lipinski definition) is 0. The molecule has 0 aromatic rings. The molecule has 1 aliphatic rings. The van der Waals surface area contributed by atoms with Crippen LogP contribution < -0.4 is 0 Å². The van der Waals surface area contributed by atoms with Crippen molar-refractivity contribution in [3.8, 4) is 0 Å². The minimum absolute atomic E-state index is 1.16. The summed E-state index contributed by atoms with van der Waals surface area (Å²) in [5, 5.41) is 0. The van der Waals surface area contributed by atoms with Crippen LogP contribution in [0.25, 0.3) is 0 Å². The highest BCUT2D eigenvalue weighted by Crippen LogP contribution is 2.03. The molecule has 1 aliphatic carbocycles. The summed E-state index contributed by atoms with van der Waals surface area (Å²) < 4.78 is 0. The van der Waals surface area contributed by atoms with Crippen LogP contribution in [0.1, 0.15) is 38.5 Å². The van der Waals surface area contributed by atoms with E-state index in [0.29, 0.717) is 0 Å². The second-order valence-corrected chi connectivity index (χ2v) is 3.57. The Hall–Kier alpha value is -1.04. The second-order valence-electron chi connectivity index (χ2n) is 3.57. The minimum Gasteiger partial charge on any atom is -0.0885 e. The van der Waals surface area contributed by atoms with Gasteiger partial charge in [0.05, 0.1) is 0 Å². The lowest BCUT2D eigenvalue weighted by atomic mass is 10.1. The maximum atomic E-state index is 2.32. The number of allylic oxidation sites excluding steroid dienone is 8. The predicted molar refractivity (Wildman–Crippen MR) is 64.3 cm³/mol. The Kier molecular flexibility index (Phi) is 6.74. The van der Waals surface area contributed by atoms with Gasteiger partial charge in [-0.3, -0.25) is 0 Å². The first-order valence-corrected chi connectivity index (χ1v) is 5.63. The van der Waals surface area contributed by atoms with Crippen molar-refractivity contribution in [1.29, 1.82) is 0 Å². The monoisotopic (exact) mass is 188 g/mol. The van der Waals surface area contributed by atoms with E-state index in [9.17, 15) is 0 Å². The van der Waals surface area contributed by atoms with Gasteiger partial charge in [-0.15, -0.1) is 0 Å². The summed E-state index contributed by atoms with van der Waals surface area (Å²) in [6.45, 7) is 0. The van der Waals surface area contributed by atoms with Gasteiger partial charge in [0.2, 0.25) is 0 Å². The summed E-state index contributed by atoms with van der Waals surface area (Å²) in [5.74, 6) is 0. The maximum absolute atomic E-state index is 2.32. The summed E-state index contributed by atoms with van der Waals surface area (Å²) in [4.78, 5) is 0. The van der Waals surface area contributed by atoms with E-state index in [4.69, 9.17) is 0 Å². The third kappa shape index (κ3) is 6.47. The van der Waals surface area contributed by atoms with Gasteiger partial charge in [0.25, 0.3) is 0 Å². The fourth-order valence-electron chi connectivity index (χ4n) is 1.43. The quantitative estimate of drug-likeness (QED) is 0.489. The van der Waals surface area contributed by atoms with Gasteiger partial charge in [0, 0.05) is 0 Å². The Morgan fingerprint density at radius 1 is 0.429 bits per heavy atom. The van der Waals surface area contributed by atoms with Crippen LogP contribution in [0.3, 0.4) is 0 Å². The molecule has 0 saturated carbocycles. The molecule has 0 saturated heterocycles. The molecular formula is C14H20. The first-order valence-electron chi connectivity index (χ1n) is 5.63. The zero-order valence-corrected chi connectivity index (χ0v) is 8.86. The summed E-state index contributed by atoms with van der Waals surface area (Å²) in [7, 11) is 0. The Bertz CT molecular complexity index is 228. The Morgan fingerprint density at radius 2 is 0.929 bits per heavy atom. The number of hydrogen-bond donors (Lipinski definition) is 0. The van der Waals surface area contributed by atoms with Gasteiger partial charge in [-0.25, -0.2) is 0 Å². The van der Waals surface area contributed by atoms with Crippen molar-refractivity contribution in [2.75, 3.05) is 0 Å². The molecule has 0 spiro atoms. The highest BCUT2D eigenvalue weighted by molar-refractivity contribution is 5.11. The SMILES string of the molecule is C1=C/C=C/CC/C=C\CCCCC=C1. The van der Waals surface area contributed by atoms with Crippen molar-refractivity contribution in [2.45, 2.75) is 38.5 Å². The van der Waals surface area contributed by atoms with Crippen molar-refractivity contribution < 1.29 is 0 Å². The van der Waals surface area contributed by atoms with Crippen LogP contribution in [0.2, 0.25) is 0 Å². The molecule has 76 valence electrons. The van der Waals surface area contributed by atoms with Crippen molar-refractivity contribution in [3.05, 3.63) is 48.6 Å². The molecule has 0 heterocycles. The topological polar surface area (TPSA) is 0 Å². The normalized spacial score (nSPS) is 24.0. The molecule has 0 radical (unpaired) electrons. The minimum atomic E-state index is 1.16. The zero-order chi connectivity index (χ0) is 9.90. The van der Waals surface area contributed by atoms with Gasteiger partial charge < -0.3 is 0 Å². The molecule has 0 aromatic heterocycles. The summed E-state index contributed by atoms with van der Waals surface area (Å²) in [6.07, 6.45) is 25.0. The van der Waals surface area contributed by atoms with Crippen LogP contribution in [0.4, 0.5) is 0 Å². The highest BCUT2D eigenvalue weighted by atomic mass is 13.9. The molecule has 0 heteroatoms. The van der Waals surface area contributed by atoms with E-state index < -0.39 is 0 Å². The Morgan fingerprint density at radius 3 is 1.71 bits per heavy atom. The van der Waals surface area contributed by atoms with E-state index in [1.807, 2.05) is 0 Å². The van der Waals surface area contributed by atoms with E-state index >= 15 is 0 Å². The summed E-state index contributed by atoms with van der Waals surface area (Å²) in [5.41, 5.74) is 0. The van der Waals surface area contributed by atoms with Gasteiger partial charge in [-0.2, -0.15) is 0 Å². The lowest BCUT2D eigenvalue weighted by molar-refractivity contribution is 0.760. The Balaban J connectivity index is 2.35. The van der Waals surface area contributed by atoms with Crippen LogP contribution in [-0.2, 0) is 0 Å². The standard InChI is InChI=1S/C14H20/c1-2-4-6-8-10-12-14-13-11-9-7-5-3-1/h1-6,11,13H,7-10,12,14H2/b2-1?,5-3+,6-4?,13-11-. The van der Waals surface area contributed by atoms with E-state index in [2.05, 4.69) is 48.6 Å². The van der Waals surface area contributed by atoms with Gasteiger partial charge in [0.1, 0.15) is 0 Å². The molecule has 0 atom stereocenters. The first-order chi connectivity index (χ1) is 7.00. The molecule has 0 unspecified atom stereocenters. The lowest BCUT2D eigenvalue weighted by Gasteiger charge is -1.93. The van der Waals surface area contributed by atoms with Crippen LogP contribution >= 0.6 is 0 Å². The van der Waals surface area contributed by atoms with Crippen molar-refractivity contribution in [3.63, 3.8) is 0 Å². The highest BCUT2D eigenvalue weighted by Gasteiger charge is 1.83. The number of rotatable bonds is 0. The third-order valence-electron chi connectivity index (χ3n) is 2.26. The lowest BCUT2D eigenvalue weighted by Crippen LogP contribution is -1.73. The Labute approximate surface area is 87.7 Å². The van der Waals surface area contributed by atoms with Crippen molar-refractivity contribution in [2.24, 2.45) is 0 Å². The predicted octanol–water partition coefficient (Wildman–Crippen LogP) is 4.57. The van der Waals surface area contributed by atoms with Crippen LogP contribution in [-0.4, -0.2) is 0 Å². The van der Waals surface area contributed by atoms with Gasteiger partial charge >= 0.3 is 0 Å². The van der Waals surface area contributed by atoms with E-state index in [1.165, 1.54) is 32.1 Å². The average molecular weight is 188 g/mol. The van der Waals surface area contributed by atoms with Crippen LogP contribution in [0.15, 0.2) is 48.6 Å². The zero-order valence-electron chi connectivity index (χ0n) is 8.86. The van der Waals surface area contributed by atoms with E-state index in [1.54, 1.807) is 0 Å². The average Bonchev–Trinajstić information content (AvgIpc) is 2.22. The molecular weight excluding hydrogens is 168 g/mol. The first kappa shape index (κ1) is 11.0. The molecule has 0 aromatic carbocycles. The molecule has 0 amide bonds. The van der Waals surface area contributed by atoms with E-state index in [-0.39, 0.29) is 0 Å².